The van der Waals surface area contributed by atoms with Crippen LogP contribution in [-0.4, -0.2) is 0 Å². The standard InChI is InChI=1S/C5H6ClN3/c6-5-1-3(7)4(8)2-9-5/h1-2H,8H2,(H2,7,9)/p+1. The summed E-state index contributed by atoms with van der Waals surface area (Å²) in [5.74, 6) is 0. The van der Waals surface area contributed by atoms with E-state index < -0.39 is 0 Å². The van der Waals surface area contributed by atoms with E-state index in [1.807, 2.05) is 0 Å². The van der Waals surface area contributed by atoms with Crippen LogP contribution in [-0.2, 0) is 0 Å². The van der Waals surface area contributed by atoms with Crippen LogP contribution in [0.15, 0.2) is 12.3 Å². The van der Waals surface area contributed by atoms with Gasteiger partial charge in [-0.1, -0.05) is 0 Å². The molecule has 0 radical (unpaired) electrons. The highest BCUT2D eigenvalue weighted by molar-refractivity contribution is 6.28. The zero-order chi connectivity index (χ0) is 6.85. The number of H-pyrrole nitrogens is 1. The lowest BCUT2D eigenvalue weighted by Gasteiger charge is -1.91. The molecule has 0 aliphatic heterocycles. The van der Waals surface area contributed by atoms with Gasteiger partial charge in [0.05, 0.1) is 5.69 Å². The first-order chi connectivity index (χ1) is 4.20. The van der Waals surface area contributed by atoms with Gasteiger partial charge >= 0.3 is 0 Å². The molecule has 0 unspecified atom stereocenters. The van der Waals surface area contributed by atoms with Crippen molar-refractivity contribution in [2.24, 2.45) is 0 Å². The topological polar surface area (TPSA) is 66.2 Å². The average Bonchev–Trinajstić information content (AvgIpc) is 1.80. The Morgan fingerprint density at radius 1 is 1.33 bits per heavy atom. The fraction of sp³-hybridized carbons (Fsp3) is 0. The monoisotopic (exact) mass is 144 g/mol. The first kappa shape index (κ1) is 6.16. The van der Waals surface area contributed by atoms with Gasteiger partial charge in [0.15, 0.2) is 6.20 Å². The molecule has 3 nitrogen and oxygen atoms in total. The van der Waals surface area contributed by atoms with Crippen molar-refractivity contribution in [1.82, 2.24) is 0 Å². The van der Waals surface area contributed by atoms with Crippen LogP contribution >= 0.6 is 11.6 Å². The third-order valence-corrected chi connectivity index (χ3v) is 1.20. The molecule has 5 N–H and O–H groups in total. The molecule has 0 amide bonds. The fourth-order valence-corrected chi connectivity index (χ4v) is 0.664. The van der Waals surface area contributed by atoms with Crippen LogP contribution < -0.4 is 16.5 Å². The summed E-state index contributed by atoms with van der Waals surface area (Å²) in [6.45, 7) is 0. The molecule has 0 saturated carbocycles. The Morgan fingerprint density at radius 3 is 2.44 bits per heavy atom. The van der Waals surface area contributed by atoms with E-state index in [4.69, 9.17) is 23.1 Å². The summed E-state index contributed by atoms with van der Waals surface area (Å²) in [6, 6.07) is 1.57. The number of aromatic amines is 1. The summed E-state index contributed by atoms with van der Waals surface area (Å²) in [5, 5.41) is 0.488. The van der Waals surface area contributed by atoms with Gasteiger partial charge in [0.2, 0.25) is 0 Å². The maximum absolute atomic E-state index is 5.53. The van der Waals surface area contributed by atoms with E-state index in [-0.39, 0.29) is 0 Å². The Kier molecular flexibility index (Phi) is 1.44. The van der Waals surface area contributed by atoms with E-state index in [9.17, 15) is 0 Å². The molecule has 0 bridgehead atoms. The normalized spacial score (nSPS) is 9.44. The van der Waals surface area contributed by atoms with Crippen molar-refractivity contribution in [3.63, 3.8) is 0 Å². The van der Waals surface area contributed by atoms with Crippen molar-refractivity contribution >= 4 is 23.0 Å². The first-order valence-electron chi connectivity index (χ1n) is 2.42. The number of nitrogens with one attached hydrogen (secondary N) is 1. The molecule has 0 atom stereocenters. The van der Waals surface area contributed by atoms with Crippen LogP contribution in [0.25, 0.3) is 0 Å². The van der Waals surface area contributed by atoms with E-state index in [0.29, 0.717) is 16.5 Å². The number of nitrogens with two attached hydrogens (primary N) is 2. The molecule has 1 aromatic rings. The van der Waals surface area contributed by atoms with Gasteiger partial charge in [-0.3, -0.25) is 0 Å². The number of pyridine rings is 1. The maximum atomic E-state index is 5.53. The molecule has 1 heterocycles. The van der Waals surface area contributed by atoms with Gasteiger partial charge in [-0.05, 0) is 11.6 Å². The van der Waals surface area contributed by atoms with Crippen molar-refractivity contribution in [3.8, 4) is 0 Å². The second-order valence-electron chi connectivity index (χ2n) is 1.69. The largest absolute Gasteiger partial charge is 0.397 e. The lowest BCUT2D eigenvalue weighted by Crippen LogP contribution is -2.06. The minimum absolute atomic E-state index is 0.488. The van der Waals surface area contributed by atoms with Crippen LogP contribution in [0, 0.1) is 0 Å². The Bertz CT molecular complexity index is 223. The Morgan fingerprint density at radius 2 is 2.00 bits per heavy atom. The zero-order valence-electron chi connectivity index (χ0n) is 4.69. The Balaban J connectivity index is 3.17. The van der Waals surface area contributed by atoms with Crippen molar-refractivity contribution in [3.05, 3.63) is 17.4 Å². The van der Waals surface area contributed by atoms with E-state index >= 15 is 0 Å². The predicted octanol–water partition coefficient (Wildman–Crippen LogP) is 0.319. The van der Waals surface area contributed by atoms with Crippen LogP contribution in [0.2, 0.25) is 5.15 Å². The summed E-state index contributed by atoms with van der Waals surface area (Å²) in [4.78, 5) is 2.70. The van der Waals surface area contributed by atoms with E-state index in [1.54, 1.807) is 12.3 Å². The summed E-state index contributed by atoms with van der Waals surface area (Å²) < 4.78 is 0. The van der Waals surface area contributed by atoms with Crippen LogP contribution in [0.3, 0.4) is 0 Å². The molecular formula is C5H7ClN3+. The molecule has 48 valence electrons. The fourth-order valence-electron chi connectivity index (χ4n) is 0.492. The second kappa shape index (κ2) is 2.11. The predicted molar refractivity (Wildman–Crippen MR) is 36.8 cm³/mol. The van der Waals surface area contributed by atoms with E-state index in [2.05, 4.69) is 4.98 Å². The van der Waals surface area contributed by atoms with Gasteiger partial charge in [-0.15, -0.1) is 0 Å². The number of nitrogen functional groups attached to an aromatic ring is 2. The van der Waals surface area contributed by atoms with E-state index in [0.717, 1.165) is 0 Å². The highest BCUT2D eigenvalue weighted by Gasteiger charge is 1.99. The molecule has 0 aliphatic rings. The molecule has 1 aromatic heterocycles. The van der Waals surface area contributed by atoms with Gasteiger partial charge in [0.25, 0.3) is 5.15 Å². The molecule has 4 heteroatoms. The Hall–Kier alpha value is -0.960. The van der Waals surface area contributed by atoms with Gasteiger partial charge in [0.1, 0.15) is 5.69 Å². The highest BCUT2D eigenvalue weighted by Crippen LogP contribution is 2.12. The molecule has 0 spiro atoms. The molecule has 0 saturated heterocycles. The zero-order valence-corrected chi connectivity index (χ0v) is 5.44. The average molecular weight is 145 g/mol. The third-order valence-electron chi connectivity index (χ3n) is 0.981. The lowest BCUT2D eigenvalue weighted by atomic mass is 10.4. The van der Waals surface area contributed by atoms with Crippen molar-refractivity contribution < 1.29 is 4.98 Å². The molecule has 1 rings (SSSR count). The number of hydrogen-bond acceptors (Lipinski definition) is 2. The minimum Gasteiger partial charge on any atom is -0.397 e. The molecular weight excluding hydrogens is 138 g/mol. The molecule has 0 fully saturated rings. The summed E-state index contributed by atoms with van der Waals surface area (Å²) in [6.07, 6.45) is 1.55. The summed E-state index contributed by atoms with van der Waals surface area (Å²) >= 11 is 5.53. The summed E-state index contributed by atoms with van der Waals surface area (Å²) in [7, 11) is 0. The van der Waals surface area contributed by atoms with Crippen molar-refractivity contribution in [2.45, 2.75) is 0 Å². The van der Waals surface area contributed by atoms with Crippen LogP contribution in [0.5, 0.6) is 0 Å². The molecule has 0 aromatic carbocycles. The molecule has 0 aliphatic carbocycles. The number of anilines is 2. The number of aromatic nitrogens is 1. The van der Waals surface area contributed by atoms with Crippen molar-refractivity contribution in [1.29, 1.82) is 0 Å². The SMILES string of the molecule is Nc1c[nH+]c(Cl)cc1N. The van der Waals surface area contributed by atoms with Gasteiger partial charge in [-0.25, -0.2) is 0 Å². The summed E-state index contributed by atoms with van der Waals surface area (Å²) in [5.41, 5.74) is 11.8. The van der Waals surface area contributed by atoms with Gasteiger partial charge in [-0.2, -0.15) is 4.98 Å². The lowest BCUT2D eigenvalue weighted by molar-refractivity contribution is -0.374. The maximum Gasteiger partial charge on any atom is 0.275 e. The molecule has 9 heavy (non-hydrogen) atoms. The Labute approximate surface area is 57.6 Å². The quantitative estimate of drug-likeness (QED) is 0.515. The van der Waals surface area contributed by atoms with E-state index in [1.165, 1.54) is 0 Å². The van der Waals surface area contributed by atoms with Crippen LogP contribution in [0.1, 0.15) is 0 Å². The number of rotatable bonds is 0. The minimum atomic E-state index is 0.488. The van der Waals surface area contributed by atoms with Crippen LogP contribution in [0.4, 0.5) is 11.4 Å². The smallest absolute Gasteiger partial charge is 0.275 e. The highest BCUT2D eigenvalue weighted by atomic mass is 35.5. The van der Waals surface area contributed by atoms with Crippen molar-refractivity contribution in [2.75, 3.05) is 11.5 Å². The number of halogens is 1. The third kappa shape index (κ3) is 1.23. The van der Waals surface area contributed by atoms with Gasteiger partial charge < -0.3 is 11.5 Å². The number of hydrogen-bond donors (Lipinski definition) is 2. The second-order valence-corrected chi connectivity index (χ2v) is 2.10. The first-order valence-corrected chi connectivity index (χ1v) is 2.80. The van der Waals surface area contributed by atoms with Gasteiger partial charge in [0, 0.05) is 6.07 Å².